The number of amides is 4. The summed E-state index contributed by atoms with van der Waals surface area (Å²) in [6, 6.07) is 16.2. The van der Waals surface area contributed by atoms with Gasteiger partial charge >= 0.3 is 0 Å². The molecule has 0 saturated carbocycles. The molecule has 0 spiro atoms. The largest absolute Gasteiger partial charge is 0.359 e. The molecule has 2 aromatic heterocycles. The van der Waals surface area contributed by atoms with Crippen molar-refractivity contribution in [2.45, 2.75) is 64.8 Å². The topological polar surface area (TPSA) is 159 Å². The number of aromatic nitrogens is 2. The lowest BCUT2D eigenvalue weighted by Gasteiger charge is -2.26. The van der Waals surface area contributed by atoms with Gasteiger partial charge in [0.25, 0.3) is 5.91 Å². The molecule has 1 aliphatic rings. The number of pyridine rings is 1. The third kappa shape index (κ3) is 9.01. The highest BCUT2D eigenvalue weighted by Crippen LogP contribution is 2.20. The molecule has 0 fully saturated rings. The Morgan fingerprint density at radius 1 is 0.915 bits per heavy atom. The minimum absolute atomic E-state index is 0.0329. The van der Waals surface area contributed by atoms with Gasteiger partial charge in [-0.25, -0.2) is 0 Å². The Balaban J connectivity index is 1.44. The average molecular weight is 640 g/mol. The van der Waals surface area contributed by atoms with E-state index in [2.05, 4.69) is 36.3 Å². The molecular formula is C35H41N7O5. The summed E-state index contributed by atoms with van der Waals surface area (Å²) in [5, 5.41) is 17.3. The van der Waals surface area contributed by atoms with Gasteiger partial charge in [-0.15, -0.1) is 0 Å². The van der Waals surface area contributed by atoms with E-state index < -0.39 is 35.8 Å². The number of carbonyl (C=O) groups is 4. The number of hydrogen-bond donors (Lipinski definition) is 4. The van der Waals surface area contributed by atoms with Gasteiger partial charge in [-0.05, 0) is 41.8 Å². The van der Waals surface area contributed by atoms with Gasteiger partial charge in [0.15, 0.2) is 11.5 Å². The summed E-state index contributed by atoms with van der Waals surface area (Å²) in [4.78, 5) is 59.8. The highest BCUT2D eigenvalue weighted by atomic mass is 16.5. The van der Waals surface area contributed by atoms with Crippen LogP contribution in [-0.4, -0.2) is 69.9 Å². The number of hydrogen-bond acceptors (Lipinski definition) is 8. The van der Waals surface area contributed by atoms with Crippen LogP contribution in [0.5, 0.6) is 0 Å². The lowest BCUT2D eigenvalue weighted by atomic mass is 10.0. The number of nitrogens with zero attached hydrogens (tertiary/aromatic N) is 3. The summed E-state index contributed by atoms with van der Waals surface area (Å²) in [7, 11) is 0. The molecule has 12 heteroatoms. The summed E-state index contributed by atoms with van der Waals surface area (Å²) < 4.78 is 5.54. The van der Waals surface area contributed by atoms with Crippen molar-refractivity contribution in [3.63, 3.8) is 0 Å². The molecule has 1 aliphatic heterocycles. The average Bonchev–Trinajstić information content (AvgIpc) is 3.52. The van der Waals surface area contributed by atoms with Gasteiger partial charge in [-0.1, -0.05) is 67.5 Å². The molecule has 5 rings (SSSR count). The highest BCUT2D eigenvalue weighted by Gasteiger charge is 2.30. The number of carbonyl (C=O) groups excluding carboxylic acids is 4. The minimum atomic E-state index is -0.968. The first kappa shape index (κ1) is 33.3. The van der Waals surface area contributed by atoms with Crippen molar-refractivity contribution in [1.82, 2.24) is 36.3 Å². The zero-order valence-corrected chi connectivity index (χ0v) is 26.9. The first-order chi connectivity index (χ1) is 22.7. The second kappa shape index (κ2) is 15.5. The molecule has 0 unspecified atom stereocenters. The van der Waals surface area contributed by atoms with Crippen molar-refractivity contribution < 1.29 is 23.7 Å². The normalized spacial score (nSPS) is 20.6. The van der Waals surface area contributed by atoms with Gasteiger partial charge in [0.2, 0.25) is 17.7 Å². The van der Waals surface area contributed by atoms with Crippen LogP contribution in [0.4, 0.5) is 0 Å². The van der Waals surface area contributed by atoms with Gasteiger partial charge < -0.3 is 25.8 Å². The van der Waals surface area contributed by atoms with Crippen molar-refractivity contribution in [2.75, 3.05) is 13.1 Å². The van der Waals surface area contributed by atoms with Crippen molar-refractivity contribution in [3.05, 3.63) is 95.6 Å². The summed E-state index contributed by atoms with van der Waals surface area (Å²) in [6.45, 7) is 6.93. The first-order valence-electron chi connectivity index (χ1n) is 15.9. The maximum atomic E-state index is 13.7. The van der Waals surface area contributed by atoms with Gasteiger partial charge in [0.05, 0.1) is 6.54 Å². The molecule has 246 valence electrons. The smallest absolute Gasteiger partial charge is 0.274 e. The zero-order chi connectivity index (χ0) is 33.3. The molecule has 12 nitrogen and oxygen atoms in total. The maximum absolute atomic E-state index is 13.7. The second-order valence-corrected chi connectivity index (χ2v) is 12.3. The Kier molecular flexibility index (Phi) is 10.9. The number of fused-ring (bicyclic) bond motifs is 3. The van der Waals surface area contributed by atoms with Crippen LogP contribution in [0.15, 0.2) is 77.6 Å². The van der Waals surface area contributed by atoms with Crippen LogP contribution in [0, 0.1) is 5.92 Å². The predicted molar refractivity (Wildman–Crippen MR) is 176 cm³/mol. The van der Waals surface area contributed by atoms with Crippen LogP contribution in [0.2, 0.25) is 0 Å². The van der Waals surface area contributed by atoms with Gasteiger partial charge in [0.1, 0.15) is 18.1 Å². The van der Waals surface area contributed by atoms with Crippen molar-refractivity contribution in [2.24, 2.45) is 5.92 Å². The molecule has 0 saturated heterocycles. The van der Waals surface area contributed by atoms with E-state index in [1.54, 1.807) is 12.3 Å². The van der Waals surface area contributed by atoms with Crippen molar-refractivity contribution >= 4 is 34.4 Å². The number of rotatable bonds is 6. The third-order valence-corrected chi connectivity index (χ3v) is 8.06. The van der Waals surface area contributed by atoms with E-state index in [1.165, 1.54) is 6.92 Å². The van der Waals surface area contributed by atoms with Crippen molar-refractivity contribution in [3.8, 4) is 0 Å². The standard InChI is InChI=1S/C35H41N7O5/c1-22(2)16-29-34(45)40-30(17-24-8-5-4-6-9-24)33(44)37-14-15-42(20-26-11-7-10-25-19-36-13-12-28(25)26)21-27-18-31(41-47-27)35(46)38-23(3)32(43)39-29/h4-13,18-19,22-23,29-30H,14-17,20-21H2,1-3H3,(H,37,44)(H,38,46)(H,39,43)(H,40,45)/t23-,29-,30-/m1/s1. The van der Waals surface area contributed by atoms with E-state index in [4.69, 9.17) is 4.52 Å². The van der Waals surface area contributed by atoms with E-state index in [9.17, 15) is 19.2 Å². The van der Waals surface area contributed by atoms with Crippen LogP contribution in [0.1, 0.15) is 54.6 Å². The van der Waals surface area contributed by atoms with E-state index in [-0.39, 0.29) is 30.5 Å². The third-order valence-electron chi connectivity index (χ3n) is 8.06. The fourth-order valence-corrected chi connectivity index (χ4v) is 5.62. The van der Waals surface area contributed by atoms with Crippen LogP contribution in [0.25, 0.3) is 10.8 Å². The molecule has 3 atom stereocenters. The fourth-order valence-electron chi connectivity index (χ4n) is 5.62. The van der Waals surface area contributed by atoms with E-state index in [0.29, 0.717) is 31.8 Å². The Morgan fingerprint density at radius 3 is 2.49 bits per heavy atom. The minimum Gasteiger partial charge on any atom is -0.359 e. The van der Waals surface area contributed by atoms with Crippen molar-refractivity contribution in [1.29, 1.82) is 0 Å². The van der Waals surface area contributed by atoms with E-state index in [0.717, 1.165) is 21.9 Å². The quantitative estimate of drug-likeness (QED) is 0.251. The molecule has 0 radical (unpaired) electrons. The van der Waals surface area contributed by atoms with Crippen LogP contribution >= 0.6 is 0 Å². The van der Waals surface area contributed by atoms with Gasteiger partial charge in [-0.3, -0.25) is 29.1 Å². The SMILES string of the molecule is CC(C)C[C@H]1NC(=O)[C@@H](C)NC(=O)c2cc(on2)CN(Cc2cccc3cnccc23)CCNC(=O)[C@@H](Cc2ccccc2)NC1=O. The van der Waals surface area contributed by atoms with Crippen LogP contribution in [0.3, 0.4) is 0 Å². The summed E-state index contributed by atoms with van der Waals surface area (Å²) in [5.41, 5.74) is 1.97. The molecule has 4 aromatic rings. The Morgan fingerprint density at radius 2 is 1.70 bits per heavy atom. The highest BCUT2D eigenvalue weighted by molar-refractivity contribution is 5.97. The lowest BCUT2D eigenvalue weighted by Crippen LogP contribution is -2.57. The van der Waals surface area contributed by atoms with Crippen LogP contribution < -0.4 is 21.3 Å². The van der Waals surface area contributed by atoms with Crippen LogP contribution in [-0.2, 0) is 33.9 Å². The fraction of sp³-hybridized carbons (Fsp3) is 0.371. The maximum Gasteiger partial charge on any atom is 0.274 e. The number of benzene rings is 2. The second-order valence-electron chi connectivity index (χ2n) is 12.3. The first-order valence-corrected chi connectivity index (χ1v) is 15.9. The Labute approximate surface area is 273 Å². The Bertz CT molecular complexity index is 1700. The van der Waals surface area contributed by atoms with E-state index in [1.807, 2.05) is 74.6 Å². The zero-order valence-electron chi connectivity index (χ0n) is 26.9. The molecule has 47 heavy (non-hydrogen) atoms. The monoisotopic (exact) mass is 639 g/mol. The molecule has 2 aromatic carbocycles. The summed E-state index contributed by atoms with van der Waals surface area (Å²) in [6.07, 6.45) is 4.17. The molecule has 4 N–H and O–H groups in total. The molecule has 3 heterocycles. The van der Waals surface area contributed by atoms with Gasteiger partial charge in [0, 0.05) is 49.9 Å². The lowest BCUT2D eigenvalue weighted by molar-refractivity contribution is -0.132. The summed E-state index contributed by atoms with van der Waals surface area (Å²) in [5.74, 6) is -1.41. The van der Waals surface area contributed by atoms with Gasteiger partial charge in [-0.2, -0.15) is 0 Å². The molecule has 4 amide bonds. The van der Waals surface area contributed by atoms with E-state index >= 15 is 0 Å². The summed E-state index contributed by atoms with van der Waals surface area (Å²) >= 11 is 0. The molecule has 2 bridgehead atoms. The number of nitrogens with one attached hydrogen (secondary N) is 4. The molecule has 0 aliphatic carbocycles. The predicted octanol–water partition coefficient (Wildman–Crippen LogP) is 2.73. The Hall–Kier alpha value is -5.10. The molecular weight excluding hydrogens is 598 g/mol.